The molecule has 0 spiro atoms. The Labute approximate surface area is 79.6 Å². The predicted octanol–water partition coefficient (Wildman–Crippen LogP) is 1.81. The van der Waals surface area contributed by atoms with Gasteiger partial charge in [0, 0.05) is 22.6 Å². The van der Waals surface area contributed by atoms with E-state index in [2.05, 4.69) is 9.05 Å². The third-order valence-electron chi connectivity index (χ3n) is 2.02. The Bertz CT molecular complexity index is 258. The molecule has 0 aromatic rings. The maximum absolute atomic E-state index is 11.0. The number of hydrogen-bond donors (Lipinski definition) is 0. The van der Waals surface area contributed by atoms with Gasteiger partial charge >= 0.3 is 6.95 Å². The van der Waals surface area contributed by atoms with Gasteiger partial charge in [-0.25, -0.2) is 4.57 Å². The van der Waals surface area contributed by atoms with Crippen molar-refractivity contribution in [1.82, 2.24) is 0 Å². The van der Waals surface area contributed by atoms with E-state index >= 15 is 0 Å². The van der Waals surface area contributed by atoms with E-state index in [4.69, 9.17) is 11.2 Å². The largest absolute Gasteiger partial charge is 0.424 e. The van der Waals surface area contributed by atoms with E-state index in [9.17, 15) is 14.7 Å². The van der Waals surface area contributed by atoms with Crippen molar-refractivity contribution in [1.29, 1.82) is 0 Å². The van der Waals surface area contributed by atoms with Crippen LogP contribution in [0.4, 0.5) is 0 Å². The minimum Gasteiger partial charge on any atom is -0.289 e. The minimum atomic E-state index is -3.55. The summed E-state index contributed by atoms with van der Waals surface area (Å²) in [7, 11) is 0. The predicted molar refractivity (Wildman–Crippen MR) is 45.4 cm³/mol. The highest BCUT2D eigenvalue weighted by Gasteiger charge is 2.49. The van der Waals surface area contributed by atoms with Crippen LogP contribution in [0.3, 0.4) is 0 Å². The molecule has 0 radical (unpaired) electrons. The summed E-state index contributed by atoms with van der Waals surface area (Å²) in [5.41, 5.74) is -1.30. The Hall–Kier alpha value is -0.160. The van der Waals surface area contributed by atoms with Crippen LogP contribution in [0.25, 0.3) is 0 Å². The lowest BCUT2D eigenvalue weighted by Gasteiger charge is -2.29. The molecule has 13 heavy (non-hydrogen) atoms. The first-order valence-electron chi connectivity index (χ1n) is 3.65. The second kappa shape index (κ2) is 3.53. The molecule has 0 aromatic heterocycles. The van der Waals surface area contributed by atoms with Crippen LogP contribution in [0.1, 0.15) is 13.3 Å². The normalized spacial score (nSPS) is 40.2. The molecular formula is C5H9ClNO5P. The average Bonchev–Trinajstić information content (AvgIpc) is 2.05. The molecule has 1 rings (SSSR count). The van der Waals surface area contributed by atoms with E-state index < -0.39 is 17.4 Å². The molecule has 1 aliphatic rings. The van der Waals surface area contributed by atoms with Crippen LogP contribution in [0.5, 0.6) is 0 Å². The summed E-state index contributed by atoms with van der Waals surface area (Å²) in [6.07, 6.45) is 0.247. The van der Waals surface area contributed by atoms with Gasteiger partial charge in [-0.3, -0.25) is 19.2 Å². The molecule has 1 aliphatic heterocycles. The first kappa shape index (κ1) is 10.9. The summed E-state index contributed by atoms with van der Waals surface area (Å²) < 4.78 is 20.1. The summed E-state index contributed by atoms with van der Waals surface area (Å²) in [6.45, 7) is -2.45. The van der Waals surface area contributed by atoms with Crippen LogP contribution in [0, 0.1) is 10.1 Å². The van der Waals surface area contributed by atoms with Crippen molar-refractivity contribution in [3.8, 4) is 0 Å². The second-order valence-corrected chi connectivity index (χ2v) is 5.43. The van der Waals surface area contributed by atoms with Gasteiger partial charge in [0.15, 0.2) is 0 Å². The number of nitro groups is 1. The van der Waals surface area contributed by atoms with Crippen LogP contribution in [0.15, 0.2) is 0 Å². The lowest BCUT2D eigenvalue weighted by atomic mass is 10.0. The highest BCUT2D eigenvalue weighted by atomic mass is 35.7. The van der Waals surface area contributed by atoms with Crippen LogP contribution in [-0.4, -0.2) is 23.7 Å². The van der Waals surface area contributed by atoms with Gasteiger partial charge in [0.2, 0.25) is 0 Å². The quantitative estimate of drug-likeness (QED) is 0.410. The van der Waals surface area contributed by atoms with Gasteiger partial charge in [0.25, 0.3) is 5.54 Å². The number of halogens is 1. The summed E-state index contributed by atoms with van der Waals surface area (Å²) >= 11 is 5.25. The van der Waals surface area contributed by atoms with Crippen molar-refractivity contribution in [3.05, 3.63) is 10.1 Å². The van der Waals surface area contributed by atoms with Crippen molar-refractivity contribution in [3.63, 3.8) is 0 Å². The first-order valence-corrected chi connectivity index (χ1v) is 6.10. The Balaban J connectivity index is 2.75. The molecule has 0 saturated carbocycles. The fraction of sp³-hybridized carbons (Fsp3) is 1.00. The molecule has 76 valence electrons. The molecule has 0 unspecified atom stereocenters. The van der Waals surface area contributed by atoms with Crippen molar-refractivity contribution in [2.45, 2.75) is 18.9 Å². The van der Waals surface area contributed by atoms with Crippen molar-refractivity contribution < 1.29 is 18.5 Å². The SMILES string of the molecule is CCC1([N+](=O)[O-])COP(=O)(Cl)OC1. The molecule has 0 atom stereocenters. The van der Waals surface area contributed by atoms with Crippen LogP contribution in [-0.2, 0) is 13.6 Å². The van der Waals surface area contributed by atoms with E-state index in [-0.39, 0.29) is 19.6 Å². The summed E-state index contributed by atoms with van der Waals surface area (Å²) in [4.78, 5) is 10.1. The van der Waals surface area contributed by atoms with Crippen LogP contribution >= 0.6 is 18.2 Å². The molecular weight excluding hydrogens is 220 g/mol. The van der Waals surface area contributed by atoms with Gasteiger partial charge in [-0.15, -0.1) is 0 Å². The van der Waals surface area contributed by atoms with E-state index in [1.54, 1.807) is 6.92 Å². The fourth-order valence-corrected chi connectivity index (χ4v) is 2.07. The number of rotatable bonds is 2. The molecule has 0 bridgehead atoms. The molecule has 0 N–H and O–H groups in total. The smallest absolute Gasteiger partial charge is 0.289 e. The van der Waals surface area contributed by atoms with Gasteiger partial charge in [-0.1, -0.05) is 6.92 Å². The Kier molecular flexibility index (Phi) is 2.97. The lowest BCUT2D eigenvalue weighted by molar-refractivity contribution is -0.578. The standard InChI is InChI=1S/C5H9ClNO5P/c1-2-5(7(8)9)3-11-13(6,10)12-4-5/h2-4H2,1H3. The lowest BCUT2D eigenvalue weighted by Crippen LogP contribution is -2.48. The van der Waals surface area contributed by atoms with Gasteiger partial charge in [-0.2, -0.15) is 0 Å². The van der Waals surface area contributed by atoms with Gasteiger partial charge in [0.05, 0.1) is 0 Å². The van der Waals surface area contributed by atoms with Crippen molar-refractivity contribution >= 4 is 18.2 Å². The third-order valence-corrected chi connectivity index (χ3v) is 3.48. The number of hydrogen-bond acceptors (Lipinski definition) is 5. The summed E-state index contributed by atoms with van der Waals surface area (Å²) in [6, 6.07) is 0. The topological polar surface area (TPSA) is 78.7 Å². The minimum absolute atomic E-state index is 0.247. The molecule has 1 saturated heterocycles. The molecule has 1 heterocycles. The highest BCUT2D eigenvalue weighted by Crippen LogP contribution is 2.57. The van der Waals surface area contributed by atoms with Gasteiger partial charge in [0.1, 0.15) is 13.2 Å². The van der Waals surface area contributed by atoms with E-state index in [1.165, 1.54) is 0 Å². The average molecular weight is 230 g/mol. The zero-order valence-electron chi connectivity index (χ0n) is 6.93. The van der Waals surface area contributed by atoms with Gasteiger partial charge in [-0.05, 0) is 0 Å². The molecule has 1 fully saturated rings. The zero-order chi connectivity index (χ0) is 10.1. The molecule has 0 aromatic carbocycles. The Morgan fingerprint density at radius 2 is 2.08 bits per heavy atom. The third kappa shape index (κ3) is 2.20. The van der Waals surface area contributed by atoms with E-state index in [1.807, 2.05) is 0 Å². The summed E-state index contributed by atoms with van der Waals surface area (Å²) in [5, 5.41) is 10.6. The van der Waals surface area contributed by atoms with Crippen molar-refractivity contribution in [2.75, 3.05) is 13.2 Å². The van der Waals surface area contributed by atoms with Crippen molar-refractivity contribution in [2.24, 2.45) is 0 Å². The maximum atomic E-state index is 11.0. The van der Waals surface area contributed by atoms with Gasteiger partial charge < -0.3 is 0 Å². The number of nitrogens with zero attached hydrogens (tertiary/aromatic N) is 1. The molecule has 0 amide bonds. The second-order valence-electron chi connectivity index (χ2n) is 2.81. The van der Waals surface area contributed by atoms with E-state index in [0.29, 0.717) is 0 Å². The molecule has 0 aliphatic carbocycles. The monoisotopic (exact) mass is 229 g/mol. The first-order chi connectivity index (χ1) is 5.92. The van der Waals surface area contributed by atoms with Crippen LogP contribution in [0.2, 0.25) is 0 Å². The molecule has 6 nitrogen and oxygen atoms in total. The van der Waals surface area contributed by atoms with Crippen LogP contribution < -0.4 is 0 Å². The molecule has 8 heteroatoms. The summed E-state index contributed by atoms with van der Waals surface area (Å²) in [5.74, 6) is 0. The Morgan fingerprint density at radius 3 is 2.38 bits per heavy atom. The van der Waals surface area contributed by atoms with E-state index in [0.717, 1.165) is 0 Å². The zero-order valence-corrected chi connectivity index (χ0v) is 8.59. The highest BCUT2D eigenvalue weighted by molar-refractivity contribution is 7.81. The Morgan fingerprint density at radius 1 is 1.62 bits per heavy atom. The fourth-order valence-electron chi connectivity index (χ4n) is 0.912. The maximum Gasteiger partial charge on any atom is 0.424 e.